The number of likely N-dealkylation sites (tertiary alicyclic amines) is 1. The van der Waals surface area contributed by atoms with Crippen molar-refractivity contribution in [3.8, 4) is 0 Å². The molecule has 0 aliphatic carbocycles. The van der Waals surface area contributed by atoms with Gasteiger partial charge in [0.2, 0.25) is 0 Å². The van der Waals surface area contributed by atoms with Gasteiger partial charge in [0, 0.05) is 38.1 Å². The quantitative estimate of drug-likeness (QED) is 0.839. The van der Waals surface area contributed by atoms with Gasteiger partial charge >= 0.3 is 12.0 Å². The molecule has 1 fully saturated rings. The molecule has 2 heterocycles. The van der Waals surface area contributed by atoms with E-state index >= 15 is 0 Å². The Morgan fingerprint density at radius 3 is 2.79 bits per heavy atom. The fourth-order valence-corrected chi connectivity index (χ4v) is 3.33. The number of esters is 1. The summed E-state index contributed by atoms with van der Waals surface area (Å²) in [4.78, 5) is 25.9. The summed E-state index contributed by atoms with van der Waals surface area (Å²) in [5.74, 6) is -0.150. The highest BCUT2D eigenvalue weighted by atomic mass is 16.5. The molecule has 1 aliphatic rings. The standard InChI is InChI=1S/C18H29N3O3/c1-13-12-21(11-9-16(13)17(22)24-4)18(23)19-14(2)7-8-15-6-5-10-20(15)3/h5-6,10,13-14,16H,7-9,11-12H2,1-4H3,(H,19,23)/t13-,14+,16+/m0/s1. The summed E-state index contributed by atoms with van der Waals surface area (Å²) in [6.45, 7) is 5.22. The smallest absolute Gasteiger partial charge is 0.317 e. The normalized spacial score (nSPS) is 22.1. The molecule has 2 amide bonds. The number of carbonyl (C=O) groups excluding carboxylic acids is 2. The van der Waals surface area contributed by atoms with Gasteiger partial charge in [0.25, 0.3) is 0 Å². The van der Waals surface area contributed by atoms with E-state index in [0.29, 0.717) is 19.5 Å². The Balaban J connectivity index is 1.78. The van der Waals surface area contributed by atoms with Crippen molar-refractivity contribution in [2.45, 2.75) is 39.2 Å². The molecule has 134 valence electrons. The van der Waals surface area contributed by atoms with Crippen LogP contribution in [-0.4, -0.2) is 47.7 Å². The first-order chi connectivity index (χ1) is 11.4. The van der Waals surface area contributed by atoms with Crippen LogP contribution in [-0.2, 0) is 23.0 Å². The van der Waals surface area contributed by atoms with Crippen molar-refractivity contribution in [3.63, 3.8) is 0 Å². The summed E-state index contributed by atoms with van der Waals surface area (Å²) >= 11 is 0. The monoisotopic (exact) mass is 335 g/mol. The number of piperidine rings is 1. The summed E-state index contributed by atoms with van der Waals surface area (Å²) in [6, 6.07) is 4.21. The maximum atomic E-state index is 12.4. The van der Waals surface area contributed by atoms with Gasteiger partial charge < -0.3 is 19.5 Å². The number of aromatic nitrogens is 1. The van der Waals surface area contributed by atoms with Crippen molar-refractivity contribution < 1.29 is 14.3 Å². The summed E-state index contributed by atoms with van der Waals surface area (Å²) in [5, 5.41) is 3.07. The molecule has 0 aromatic carbocycles. The molecule has 24 heavy (non-hydrogen) atoms. The van der Waals surface area contributed by atoms with Gasteiger partial charge in [0.05, 0.1) is 13.0 Å². The van der Waals surface area contributed by atoms with Crippen LogP contribution in [0.2, 0.25) is 0 Å². The lowest BCUT2D eigenvalue weighted by Gasteiger charge is -2.36. The molecule has 2 rings (SSSR count). The Labute approximate surface area is 144 Å². The topological polar surface area (TPSA) is 63.6 Å². The van der Waals surface area contributed by atoms with E-state index < -0.39 is 0 Å². The number of carbonyl (C=O) groups is 2. The Bertz CT molecular complexity index is 570. The van der Waals surface area contributed by atoms with E-state index in [1.807, 2.05) is 38.1 Å². The molecule has 3 atom stereocenters. The lowest BCUT2D eigenvalue weighted by Crippen LogP contribution is -2.50. The summed E-state index contributed by atoms with van der Waals surface area (Å²) in [5.41, 5.74) is 1.27. The van der Waals surface area contributed by atoms with Gasteiger partial charge in [-0.1, -0.05) is 6.92 Å². The number of nitrogens with one attached hydrogen (secondary N) is 1. The molecule has 1 aromatic rings. The zero-order chi connectivity index (χ0) is 17.7. The highest BCUT2D eigenvalue weighted by Crippen LogP contribution is 2.24. The number of urea groups is 1. The Hall–Kier alpha value is -1.98. The fourth-order valence-electron chi connectivity index (χ4n) is 3.33. The van der Waals surface area contributed by atoms with Crippen molar-refractivity contribution in [2.75, 3.05) is 20.2 Å². The number of methoxy groups -OCH3 is 1. The molecule has 1 aromatic heterocycles. The molecule has 1 N–H and O–H groups in total. The molecular formula is C18H29N3O3. The van der Waals surface area contributed by atoms with E-state index in [4.69, 9.17) is 4.74 Å². The van der Waals surface area contributed by atoms with E-state index in [1.165, 1.54) is 12.8 Å². The number of amides is 2. The van der Waals surface area contributed by atoms with E-state index in [2.05, 4.69) is 16.0 Å². The van der Waals surface area contributed by atoms with Gasteiger partial charge in [0.15, 0.2) is 0 Å². The molecule has 1 aliphatic heterocycles. The molecule has 0 bridgehead atoms. The van der Waals surface area contributed by atoms with E-state index in [9.17, 15) is 9.59 Å². The van der Waals surface area contributed by atoms with E-state index in [1.54, 1.807) is 0 Å². The predicted octanol–water partition coefficient (Wildman–Crippen LogP) is 2.19. The molecule has 1 saturated heterocycles. The molecule has 6 nitrogen and oxygen atoms in total. The van der Waals surface area contributed by atoms with E-state index in [0.717, 1.165) is 12.8 Å². The van der Waals surface area contributed by atoms with Crippen LogP contribution in [0.1, 0.15) is 32.4 Å². The largest absolute Gasteiger partial charge is 0.469 e. The van der Waals surface area contributed by atoms with Gasteiger partial charge in [-0.3, -0.25) is 4.79 Å². The number of rotatable bonds is 5. The first-order valence-electron chi connectivity index (χ1n) is 8.65. The molecule has 6 heteroatoms. The second-order valence-electron chi connectivity index (χ2n) is 6.84. The van der Waals surface area contributed by atoms with Gasteiger partial charge in [-0.25, -0.2) is 4.79 Å². The fraction of sp³-hybridized carbons (Fsp3) is 0.667. The van der Waals surface area contributed by atoms with Crippen molar-refractivity contribution in [2.24, 2.45) is 18.9 Å². The van der Waals surface area contributed by atoms with Gasteiger partial charge in [-0.15, -0.1) is 0 Å². The van der Waals surface area contributed by atoms with E-state index in [-0.39, 0.29) is 29.9 Å². The van der Waals surface area contributed by atoms with Crippen LogP contribution in [0.3, 0.4) is 0 Å². The molecule has 0 spiro atoms. The maximum Gasteiger partial charge on any atom is 0.317 e. The first-order valence-corrected chi connectivity index (χ1v) is 8.65. The van der Waals surface area contributed by atoms with Crippen LogP contribution in [0.15, 0.2) is 18.3 Å². The first kappa shape index (κ1) is 18.4. The van der Waals surface area contributed by atoms with Crippen LogP contribution in [0.4, 0.5) is 4.79 Å². The third-order valence-corrected chi connectivity index (χ3v) is 4.95. The highest BCUT2D eigenvalue weighted by molar-refractivity contribution is 5.76. The van der Waals surface area contributed by atoms with Crippen molar-refractivity contribution in [1.29, 1.82) is 0 Å². The van der Waals surface area contributed by atoms with Crippen molar-refractivity contribution in [1.82, 2.24) is 14.8 Å². The number of hydrogen-bond acceptors (Lipinski definition) is 3. The third-order valence-electron chi connectivity index (χ3n) is 4.95. The van der Waals surface area contributed by atoms with Gasteiger partial charge in [-0.2, -0.15) is 0 Å². The molecular weight excluding hydrogens is 306 g/mol. The van der Waals surface area contributed by atoms with Crippen LogP contribution in [0.25, 0.3) is 0 Å². The Kier molecular flexibility index (Phi) is 6.29. The minimum atomic E-state index is -0.168. The number of ether oxygens (including phenoxy) is 1. The summed E-state index contributed by atoms with van der Waals surface area (Å²) in [7, 11) is 3.45. The minimum absolute atomic E-state index is 0.0375. The second-order valence-corrected chi connectivity index (χ2v) is 6.84. The van der Waals surface area contributed by atoms with Gasteiger partial charge in [-0.05, 0) is 44.2 Å². The summed E-state index contributed by atoms with van der Waals surface area (Å²) in [6.07, 6.45) is 4.54. The van der Waals surface area contributed by atoms with Crippen molar-refractivity contribution >= 4 is 12.0 Å². The van der Waals surface area contributed by atoms with Gasteiger partial charge in [0.1, 0.15) is 0 Å². The average Bonchev–Trinajstić information content (AvgIpc) is 2.97. The number of hydrogen-bond donors (Lipinski definition) is 1. The predicted molar refractivity (Wildman–Crippen MR) is 92.6 cm³/mol. The van der Waals surface area contributed by atoms with Crippen LogP contribution < -0.4 is 5.32 Å². The number of aryl methyl sites for hydroxylation is 2. The van der Waals surface area contributed by atoms with Crippen LogP contribution >= 0.6 is 0 Å². The Morgan fingerprint density at radius 2 is 2.21 bits per heavy atom. The summed E-state index contributed by atoms with van der Waals surface area (Å²) < 4.78 is 6.94. The second kappa shape index (κ2) is 8.22. The zero-order valence-corrected chi connectivity index (χ0v) is 15.1. The zero-order valence-electron chi connectivity index (χ0n) is 15.1. The minimum Gasteiger partial charge on any atom is -0.469 e. The lowest BCUT2D eigenvalue weighted by molar-refractivity contribution is -0.148. The SMILES string of the molecule is COC(=O)[C@@H]1CCN(C(=O)N[C@H](C)CCc2cccn2C)C[C@@H]1C. The molecule has 0 saturated carbocycles. The lowest BCUT2D eigenvalue weighted by atomic mass is 9.87. The Morgan fingerprint density at radius 1 is 1.46 bits per heavy atom. The third kappa shape index (κ3) is 4.52. The van der Waals surface area contributed by atoms with Crippen molar-refractivity contribution in [3.05, 3.63) is 24.0 Å². The van der Waals surface area contributed by atoms with Crippen LogP contribution in [0, 0.1) is 11.8 Å². The van der Waals surface area contributed by atoms with Crippen LogP contribution in [0.5, 0.6) is 0 Å². The maximum absolute atomic E-state index is 12.4. The molecule has 0 unspecified atom stereocenters. The number of nitrogens with zero attached hydrogens (tertiary/aromatic N) is 2. The molecule has 0 radical (unpaired) electrons. The average molecular weight is 335 g/mol. The highest BCUT2D eigenvalue weighted by Gasteiger charge is 2.33.